The molecule has 1 heterocycles. The summed E-state index contributed by atoms with van der Waals surface area (Å²) in [5, 5.41) is 0.537. The van der Waals surface area contributed by atoms with E-state index in [1.807, 2.05) is 6.92 Å². The number of nitrogens with zero attached hydrogens (tertiary/aromatic N) is 1. The van der Waals surface area contributed by atoms with E-state index < -0.39 is 5.69 Å². The highest BCUT2D eigenvalue weighted by Gasteiger charge is 2.05. The van der Waals surface area contributed by atoms with Gasteiger partial charge in [0.25, 0.3) is 0 Å². The number of esters is 1. The molecule has 0 atom stereocenters. The standard InChI is InChI=1S/C10H14N2O3S/c1-3-4-15-9(13)6-16-8-5-7(2)11-10(14)12-8/h5H,3-4,6H2,1-2H3,(H,11,12,14). The molecule has 1 N–H and O–H groups in total. The molecule has 1 aromatic heterocycles. The van der Waals surface area contributed by atoms with Gasteiger partial charge in [0.2, 0.25) is 0 Å². The van der Waals surface area contributed by atoms with Crippen molar-refractivity contribution in [3.05, 3.63) is 22.2 Å². The van der Waals surface area contributed by atoms with Crippen molar-refractivity contribution < 1.29 is 9.53 Å². The van der Waals surface area contributed by atoms with Crippen LogP contribution in [0.1, 0.15) is 19.0 Å². The molecule has 0 aromatic carbocycles. The van der Waals surface area contributed by atoms with Crippen LogP contribution in [0.5, 0.6) is 0 Å². The number of hydrogen-bond acceptors (Lipinski definition) is 5. The first-order valence-electron chi connectivity index (χ1n) is 4.98. The Morgan fingerprint density at radius 2 is 2.38 bits per heavy atom. The number of aromatic amines is 1. The van der Waals surface area contributed by atoms with E-state index >= 15 is 0 Å². The van der Waals surface area contributed by atoms with Crippen molar-refractivity contribution in [3.8, 4) is 0 Å². The van der Waals surface area contributed by atoms with Crippen LogP contribution in [-0.4, -0.2) is 28.3 Å². The molecule has 0 aliphatic carbocycles. The SMILES string of the molecule is CCCOC(=O)CSc1cc(C)[nH]c(=O)n1. The predicted molar refractivity (Wildman–Crippen MR) is 61.6 cm³/mol. The predicted octanol–water partition coefficient (Wildman–Crippen LogP) is 1.12. The highest BCUT2D eigenvalue weighted by molar-refractivity contribution is 7.99. The topological polar surface area (TPSA) is 72.1 Å². The van der Waals surface area contributed by atoms with E-state index in [2.05, 4.69) is 9.97 Å². The monoisotopic (exact) mass is 242 g/mol. The molecule has 5 nitrogen and oxygen atoms in total. The molecule has 0 saturated heterocycles. The second kappa shape index (κ2) is 6.32. The van der Waals surface area contributed by atoms with E-state index in [1.54, 1.807) is 13.0 Å². The van der Waals surface area contributed by atoms with Gasteiger partial charge in [-0.25, -0.2) is 4.79 Å². The fourth-order valence-electron chi connectivity index (χ4n) is 1.01. The number of carbonyl (C=O) groups is 1. The highest BCUT2D eigenvalue weighted by Crippen LogP contribution is 2.13. The molecule has 0 fully saturated rings. The van der Waals surface area contributed by atoms with E-state index in [1.165, 1.54) is 11.8 Å². The molecular weight excluding hydrogens is 228 g/mol. The van der Waals surface area contributed by atoms with E-state index in [0.29, 0.717) is 11.6 Å². The summed E-state index contributed by atoms with van der Waals surface area (Å²) in [6.07, 6.45) is 0.804. The average molecular weight is 242 g/mol. The van der Waals surface area contributed by atoms with Crippen LogP contribution >= 0.6 is 11.8 Å². The van der Waals surface area contributed by atoms with Gasteiger partial charge in [-0.3, -0.25) is 4.79 Å². The molecule has 0 aliphatic heterocycles. The van der Waals surface area contributed by atoms with Crippen LogP contribution in [0.2, 0.25) is 0 Å². The van der Waals surface area contributed by atoms with E-state index in [9.17, 15) is 9.59 Å². The van der Waals surface area contributed by atoms with Crippen LogP contribution in [0.25, 0.3) is 0 Å². The molecule has 0 unspecified atom stereocenters. The third-order valence-corrected chi connectivity index (χ3v) is 2.55. The van der Waals surface area contributed by atoms with Crippen LogP contribution in [0, 0.1) is 6.92 Å². The molecule has 88 valence electrons. The molecule has 0 bridgehead atoms. The number of carbonyl (C=O) groups excluding carboxylic acids is 1. The summed E-state index contributed by atoms with van der Waals surface area (Å²) in [6.45, 7) is 4.13. The lowest BCUT2D eigenvalue weighted by atomic mass is 10.5. The van der Waals surface area contributed by atoms with Crippen molar-refractivity contribution in [2.24, 2.45) is 0 Å². The van der Waals surface area contributed by atoms with Crippen LogP contribution < -0.4 is 5.69 Å². The summed E-state index contributed by atoms with van der Waals surface area (Å²) >= 11 is 1.20. The third kappa shape index (κ3) is 4.48. The summed E-state index contributed by atoms with van der Waals surface area (Å²) < 4.78 is 4.90. The van der Waals surface area contributed by atoms with E-state index in [0.717, 1.165) is 12.1 Å². The molecule has 0 radical (unpaired) electrons. The maximum atomic E-state index is 11.2. The van der Waals surface area contributed by atoms with Gasteiger partial charge in [0, 0.05) is 5.69 Å². The molecular formula is C10H14N2O3S. The van der Waals surface area contributed by atoms with Crippen LogP contribution in [0.4, 0.5) is 0 Å². The smallest absolute Gasteiger partial charge is 0.346 e. The summed E-state index contributed by atoms with van der Waals surface area (Å²) in [4.78, 5) is 28.5. The van der Waals surface area contributed by atoms with Gasteiger partial charge in [-0.2, -0.15) is 4.98 Å². The number of hydrogen-bond donors (Lipinski definition) is 1. The van der Waals surface area contributed by atoms with Gasteiger partial charge in [-0.1, -0.05) is 18.7 Å². The average Bonchev–Trinajstić information content (AvgIpc) is 2.22. The number of aromatic nitrogens is 2. The molecule has 0 aliphatic rings. The number of thioether (sulfide) groups is 1. The van der Waals surface area contributed by atoms with Gasteiger partial charge in [-0.05, 0) is 19.4 Å². The molecule has 1 aromatic rings. The lowest BCUT2D eigenvalue weighted by molar-refractivity contribution is -0.140. The van der Waals surface area contributed by atoms with Crippen molar-refractivity contribution in [3.63, 3.8) is 0 Å². The Morgan fingerprint density at radius 3 is 3.00 bits per heavy atom. The number of nitrogens with one attached hydrogen (secondary N) is 1. The van der Waals surface area contributed by atoms with Crippen LogP contribution in [-0.2, 0) is 9.53 Å². The first-order chi connectivity index (χ1) is 7.61. The first kappa shape index (κ1) is 12.8. The zero-order chi connectivity index (χ0) is 12.0. The van der Waals surface area contributed by atoms with E-state index in [4.69, 9.17) is 4.74 Å². The van der Waals surface area contributed by atoms with Gasteiger partial charge < -0.3 is 9.72 Å². The van der Waals surface area contributed by atoms with Gasteiger partial charge in [0.1, 0.15) is 5.03 Å². The second-order valence-corrected chi connectivity index (χ2v) is 4.21. The fraction of sp³-hybridized carbons (Fsp3) is 0.500. The van der Waals surface area contributed by atoms with Crippen molar-refractivity contribution >= 4 is 17.7 Å². The molecule has 0 spiro atoms. The summed E-state index contributed by atoms with van der Waals surface area (Å²) in [7, 11) is 0. The number of H-pyrrole nitrogens is 1. The Bertz CT molecular complexity index is 417. The van der Waals surface area contributed by atoms with Crippen molar-refractivity contribution in [1.29, 1.82) is 0 Å². The quantitative estimate of drug-likeness (QED) is 0.476. The minimum atomic E-state index is -0.399. The van der Waals surface area contributed by atoms with Gasteiger partial charge in [0.05, 0.1) is 12.4 Å². The van der Waals surface area contributed by atoms with Crippen molar-refractivity contribution in [2.75, 3.05) is 12.4 Å². The number of aryl methyl sites for hydroxylation is 1. The highest BCUT2D eigenvalue weighted by atomic mass is 32.2. The second-order valence-electron chi connectivity index (χ2n) is 3.22. The Morgan fingerprint density at radius 1 is 1.62 bits per heavy atom. The number of rotatable bonds is 5. The molecule has 1 rings (SSSR count). The lowest BCUT2D eigenvalue weighted by Gasteiger charge is -2.02. The fourth-order valence-corrected chi connectivity index (χ4v) is 1.77. The van der Waals surface area contributed by atoms with Crippen LogP contribution in [0.3, 0.4) is 0 Å². The van der Waals surface area contributed by atoms with Crippen molar-refractivity contribution in [1.82, 2.24) is 9.97 Å². The zero-order valence-electron chi connectivity index (χ0n) is 9.28. The van der Waals surface area contributed by atoms with Gasteiger partial charge >= 0.3 is 11.7 Å². The summed E-state index contributed by atoms with van der Waals surface area (Å²) in [6, 6.07) is 1.72. The minimum absolute atomic E-state index is 0.176. The maximum Gasteiger partial charge on any atom is 0.346 e. The summed E-state index contributed by atoms with van der Waals surface area (Å²) in [5.41, 5.74) is 0.328. The molecule has 16 heavy (non-hydrogen) atoms. The Hall–Kier alpha value is -1.30. The zero-order valence-corrected chi connectivity index (χ0v) is 10.1. The first-order valence-corrected chi connectivity index (χ1v) is 5.96. The molecule has 0 saturated carbocycles. The lowest BCUT2D eigenvalue weighted by Crippen LogP contribution is -2.13. The largest absolute Gasteiger partial charge is 0.465 e. The maximum absolute atomic E-state index is 11.2. The third-order valence-electron chi connectivity index (χ3n) is 1.66. The number of ether oxygens (including phenoxy) is 1. The van der Waals surface area contributed by atoms with Gasteiger partial charge in [0.15, 0.2) is 0 Å². The van der Waals surface area contributed by atoms with E-state index in [-0.39, 0.29) is 11.7 Å². The Kier molecular flexibility index (Phi) is 5.04. The Balaban J connectivity index is 2.48. The molecule has 6 heteroatoms. The minimum Gasteiger partial charge on any atom is -0.465 e. The van der Waals surface area contributed by atoms with Gasteiger partial charge in [-0.15, -0.1) is 0 Å². The Labute approximate surface area is 97.6 Å². The summed E-state index contributed by atoms with van der Waals surface area (Å²) in [5.74, 6) is -0.109. The van der Waals surface area contributed by atoms with Crippen LogP contribution in [0.15, 0.2) is 15.9 Å². The van der Waals surface area contributed by atoms with Crippen molar-refractivity contribution in [2.45, 2.75) is 25.3 Å². The molecule has 0 amide bonds. The normalized spacial score (nSPS) is 10.1.